The van der Waals surface area contributed by atoms with Gasteiger partial charge in [-0.2, -0.15) is 0 Å². The van der Waals surface area contributed by atoms with Crippen LogP contribution in [-0.4, -0.2) is 0 Å². The fourth-order valence-electron chi connectivity index (χ4n) is 3.31. The van der Waals surface area contributed by atoms with Crippen LogP contribution in [0.3, 0.4) is 0 Å². The standard InChI is InChI=1S/C21H20F4/c1-2-3-4-5-13-6-7-14-9-17(18(22)10-15(14)8-13)16-11-19(23)21(25)20(24)12-16/h6,9-12H,2-5,7-8H2,1H3. The van der Waals surface area contributed by atoms with E-state index >= 15 is 0 Å². The highest BCUT2D eigenvalue weighted by atomic mass is 19.2. The summed E-state index contributed by atoms with van der Waals surface area (Å²) in [5.41, 5.74) is 3.28. The maximum atomic E-state index is 14.5. The van der Waals surface area contributed by atoms with Crippen molar-refractivity contribution in [1.82, 2.24) is 0 Å². The molecule has 2 aromatic rings. The van der Waals surface area contributed by atoms with E-state index in [1.165, 1.54) is 18.1 Å². The second-order valence-electron chi connectivity index (χ2n) is 6.56. The summed E-state index contributed by atoms with van der Waals surface area (Å²) in [5.74, 6) is -4.71. The van der Waals surface area contributed by atoms with E-state index in [0.29, 0.717) is 12.8 Å². The molecule has 1 aliphatic rings. The fourth-order valence-corrected chi connectivity index (χ4v) is 3.31. The average molecular weight is 348 g/mol. The second kappa shape index (κ2) is 7.42. The van der Waals surface area contributed by atoms with Crippen molar-refractivity contribution in [3.05, 3.63) is 70.3 Å². The molecular formula is C21H20F4. The Kier molecular flexibility index (Phi) is 5.26. The quantitative estimate of drug-likeness (QED) is 0.250. The molecule has 0 spiro atoms. The van der Waals surface area contributed by atoms with Gasteiger partial charge in [0.1, 0.15) is 5.82 Å². The maximum Gasteiger partial charge on any atom is 0.194 e. The molecule has 0 unspecified atom stereocenters. The lowest BCUT2D eigenvalue weighted by atomic mass is 9.87. The smallest absolute Gasteiger partial charge is 0.194 e. The minimum absolute atomic E-state index is 0.00872. The third-order valence-corrected chi connectivity index (χ3v) is 4.71. The molecule has 0 bridgehead atoms. The van der Waals surface area contributed by atoms with Crippen molar-refractivity contribution in [1.29, 1.82) is 0 Å². The van der Waals surface area contributed by atoms with Gasteiger partial charge in [0.15, 0.2) is 17.5 Å². The zero-order chi connectivity index (χ0) is 18.0. The van der Waals surface area contributed by atoms with Gasteiger partial charge in [0, 0.05) is 5.56 Å². The molecule has 0 atom stereocenters. The van der Waals surface area contributed by atoms with E-state index < -0.39 is 23.3 Å². The number of halogens is 4. The lowest BCUT2D eigenvalue weighted by molar-refractivity contribution is 0.447. The number of rotatable bonds is 5. The zero-order valence-corrected chi connectivity index (χ0v) is 14.1. The first-order valence-electron chi connectivity index (χ1n) is 8.63. The van der Waals surface area contributed by atoms with E-state index in [0.717, 1.165) is 42.5 Å². The molecule has 1 aliphatic carbocycles. The third kappa shape index (κ3) is 3.78. The number of benzene rings is 2. The fraction of sp³-hybridized carbons (Fsp3) is 0.333. The van der Waals surface area contributed by atoms with Crippen LogP contribution in [0.4, 0.5) is 17.6 Å². The monoisotopic (exact) mass is 348 g/mol. The highest BCUT2D eigenvalue weighted by Gasteiger charge is 2.18. The van der Waals surface area contributed by atoms with Crippen molar-refractivity contribution in [3.63, 3.8) is 0 Å². The lowest BCUT2D eigenvalue weighted by Gasteiger charge is -2.19. The summed E-state index contributed by atoms with van der Waals surface area (Å²) in [7, 11) is 0. The first-order valence-corrected chi connectivity index (χ1v) is 8.63. The highest BCUT2D eigenvalue weighted by Crippen LogP contribution is 2.32. The summed E-state index contributed by atoms with van der Waals surface area (Å²) < 4.78 is 54.5. The molecule has 2 aromatic carbocycles. The Bertz CT molecular complexity index is 798. The average Bonchev–Trinajstić information content (AvgIpc) is 2.59. The third-order valence-electron chi connectivity index (χ3n) is 4.71. The molecular weight excluding hydrogens is 328 g/mol. The van der Waals surface area contributed by atoms with Crippen molar-refractivity contribution >= 4 is 0 Å². The molecule has 0 aliphatic heterocycles. The Balaban J connectivity index is 1.89. The van der Waals surface area contributed by atoms with E-state index in [1.54, 1.807) is 6.07 Å². The van der Waals surface area contributed by atoms with Gasteiger partial charge in [-0.1, -0.05) is 31.4 Å². The number of hydrogen-bond donors (Lipinski definition) is 0. The van der Waals surface area contributed by atoms with Crippen LogP contribution in [0.5, 0.6) is 0 Å². The van der Waals surface area contributed by atoms with Crippen molar-refractivity contribution in [2.45, 2.75) is 45.4 Å². The first kappa shape index (κ1) is 17.7. The van der Waals surface area contributed by atoms with Crippen LogP contribution in [-0.2, 0) is 12.8 Å². The Morgan fingerprint density at radius 2 is 1.56 bits per heavy atom. The molecule has 0 saturated carbocycles. The van der Waals surface area contributed by atoms with Gasteiger partial charge in [0.25, 0.3) is 0 Å². The number of allylic oxidation sites excluding steroid dienone is 2. The Labute approximate surface area is 145 Å². The molecule has 25 heavy (non-hydrogen) atoms. The normalized spacial score (nSPS) is 13.6. The Morgan fingerprint density at radius 1 is 0.840 bits per heavy atom. The van der Waals surface area contributed by atoms with Gasteiger partial charge < -0.3 is 0 Å². The van der Waals surface area contributed by atoms with Crippen LogP contribution in [0.15, 0.2) is 35.9 Å². The second-order valence-corrected chi connectivity index (χ2v) is 6.56. The molecule has 0 N–H and O–H groups in total. The number of fused-ring (bicyclic) bond motifs is 1. The van der Waals surface area contributed by atoms with Crippen LogP contribution in [0, 0.1) is 23.3 Å². The molecule has 132 valence electrons. The molecule has 0 aromatic heterocycles. The summed E-state index contributed by atoms with van der Waals surface area (Å²) in [6.07, 6.45) is 8.04. The molecule has 0 nitrogen and oxygen atoms in total. The summed E-state index contributed by atoms with van der Waals surface area (Å²) in [6, 6.07) is 4.73. The first-order chi connectivity index (χ1) is 12.0. The van der Waals surface area contributed by atoms with Gasteiger partial charge in [-0.05, 0) is 66.6 Å². The van der Waals surface area contributed by atoms with Gasteiger partial charge in [-0.15, -0.1) is 0 Å². The highest BCUT2D eigenvalue weighted by molar-refractivity contribution is 5.66. The van der Waals surface area contributed by atoms with Gasteiger partial charge in [-0.3, -0.25) is 0 Å². The van der Waals surface area contributed by atoms with E-state index in [2.05, 4.69) is 13.0 Å². The minimum atomic E-state index is -1.54. The van der Waals surface area contributed by atoms with Crippen LogP contribution in [0.25, 0.3) is 11.1 Å². The van der Waals surface area contributed by atoms with E-state index in [4.69, 9.17) is 0 Å². The van der Waals surface area contributed by atoms with Crippen LogP contribution in [0.1, 0.15) is 43.7 Å². The minimum Gasteiger partial charge on any atom is -0.206 e. The molecule has 0 saturated heterocycles. The Hall–Kier alpha value is -2.10. The number of hydrogen-bond acceptors (Lipinski definition) is 0. The summed E-state index contributed by atoms with van der Waals surface area (Å²) in [4.78, 5) is 0. The number of unbranched alkanes of at least 4 members (excludes halogenated alkanes) is 2. The summed E-state index contributed by atoms with van der Waals surface area (Å²) in [6.45, 7) is 2.16. The lowest BCUT2D eigenvalue weighted by Crippen LogP contribution is -2.05. The van der Waals surface area contributed by atoms with Crippen molar-refractivity contribution in [3.8, 4) is 11.1 Å². The van der Waals surface area contributed by atoms with Gasteiger partial charge in [0.2, 0.25) is 0 Å². The van der Waals surface area contributed by atoms with Gasteiger partial charge >= 0.3 is 0 Å². The molecule has 0 fully saturated rings. The van der Waals surface area contributed by atoms with Crippen molar-refractivity contribution < 1.29 is 17.6 Å². The largest absolute Gasteiger partial charge is 0.206 e. The van der Waals surface area contributed by atoms with Crippen molar-refractivity contribution in [2.75, 3.05) is 0 Å². The summed E-state index contributed by atoms with van der Waals surface area (Å²) >= 11 is 0. The van der Waals surface area contributed by atoms with E-state index in [1.807, 2.05) is 0 Å². The van der Waals surface area contributed by atoms with Gasteiger partial charge in [-0.25, -0.2) is 17.6 Å². The summed E-state index contributed by atoms with van der Waals surface area (Å²) in [5, 5.41) is 0. The molecule has 3 rings (SSSR count). The molecule has 4 heteroatoms. The van der Waals surface area contributed by atoms with Crippen molar-refractivity contribution in [2.24, 2.45) is 0 Å². The van der Waals surface area contributed by atoms with Gasteiger partial charge in [0.05, 0.1) is 0 Å². The molecule has 0 radical (unpaired) electrons. The van der Waals surface area contributed by atoms with E-state index in [9.17, 15) is 17.6 Å². The Morgan fingerprint density at radius 3 is 2.24 bits per heavy atom. The van der Waals surface area contributed by atoms with E-state index in [-0.39, 0.29) is 11.1 Å². The predicted octanol–water partition coefficient (Wildman–Crippen LogP) is 6.52. The zero-order valence-electron chi connectivity index (χ0n) is 14.1. The molecule has 0 amide bonds. The predicted molar refractivity (Wildman–Crippen MR) is 91.3 cm³/mol. The SMILES string of the molecule is CCCCCC1=CCc2cc(-c3cc(F)c(F)c(F)c3)c(F)cc2C1. The van der Waals surface area contributed by atoms with Crippen LogP contribution in [0.2, 0.25) is 0 Å². The molecule has 0 heterocycles. The topological polar surface area (TPSA) is 0 Å². The van der Waals surface area contributed by atoms with Crippen LogP contribution >= 0.6 is 0 Å². The van der Waals surface area contributed by atoms with Crippen LogP contribution < -0.4 is 0 Å². The maximum absolute atomic E-state index is 14.5.